The number of phenolic OH excluding ortho intramolecular Hbond substituents is 1. The first-order chi connectivity index (χ1) is 11.0. The van der Waals surface area contributed by atoms with Crippen LogP contribution in [-0.4, -0.2) is 35.5 Å². The average Bonchev–Trinajstić information content (AvgIpc) is 2.50. The summed E-state index contributed by atoms with van der Waals surface area (Å²) in [6.45, 7) is 0.401. The molecule has 2 amide bonds. The Morgan fingerprint density at radius 1 is 1.26 bits per heavy atom. The van der Waals surface area contributed by atoms with Crippen molar-refractivity contribution >= 4 is 23.8 Å². The highest BCUT2D eigenvalue weighted by Gasteiger charge is 2.29. The van der Waals surface area contributed by atoms with E-state index in [2.05, 4.69) is 15.6 Å². The molecule has 0 radical (unpaired) electrons. The Labute approximate surface area is 133 Å². The van der Waals surface area contributed by atoms with E-state index in [4.69, 9.17) is 11.5 Å². The number of aliphatic imine (C=N–C) groups is 1. The number of amides is 2. The molecule has 1 saturated heterocycles. The predicted octanol–water partition coefficient (Wildman–Crippen LogP) is -0.599. The van der Waals surface area contributed by atoms with Crippen LogP contribution in [0.25, 0.3) is 6.08 Å². The fourth-order valence-electron chi connectivity index (χ4n) is 2.12. The maximum atomic E-state index is 12.1. The number of piperazine rings is 1. The lowest BCUT2D eigenvalue weighted by Gasteiger charge is -2.25. The van der Waals surface area contributed by atoms with E-state index in [0.717, 1.165) is 0 Å². The molecular formula is C15H19N5O3. The molecule has 1 aromatic rings. The van der Waals surface area contributed by atoms with Gasteiger partial charge >= 0.3 is 0 Å². The molecular weight excluding hydrogens is 298 g/mol. The van der Waals surface area contributed by atoms with Gasteiger partial charge in [0.15, 0.2) is 5.96 Å². The van der Waals surface area contributed by atoms with Gasteiger partial charge < -0.3 is 27.2 Å². The Kier molecular flexibility index (Phi) is 5.19. The van der Waals surface area contributed by atoms with E-state index in [1.807, 2.05) is 0 Å². The van der Waals surface area contributed by atoms with Gasteiger partial charge in [-0.15, -0.1) is 0 Å². The second-order valence-corrected chi connectivity index (χ2v) is 5.11. The van der Waals surface area contributed by atoms with E-state index in [1.165, 1.54) is 12.1 Å². The van der Waals surface area contributed by atoms with Crippen molar-refractivity contribution in [1.29, 1.82) is 0 Å². The number of carbonyl (C=O) groups is 2. The number of nitrogens with one attached hydrogen (secondary N) is 2. The molecule has 1 aromatic carbocycles. The SMILES string of the molecule is NC(N)=NCCC[C@@H]1NC(=O)C(=Cc2ccc(O)cc2)NC1=O. The van der Waals surface area contributed by atoms with Crippen molar-refractivity contribution in [2.75, 3.05) is 6.54 Å². The smallest absolute Gasteiger partial charge is 0.268 e. The highest BCUT2D eigenvalue weighted by atomic mass is 16.3. The number of nitrogens with zero attached hydrogens (tertiary/aromatic N) is 1. The lowest BCUT2D eigenvalue weighted by molar-refractivity contribution is -0.131. The molecule has 122 valence electrons. The maximum Gasteiger partial charge on any atom is 0.268 e. The minimum absolute atomic E-state index is 0.00116. The number of carbonyl (C=O) groups excluding carboxylic acids is 2. The highest BCUT2D eigenvalue weighted by Crippen LogP contribution is 2.14. The first kappa shape index (κ1) is 16.3. The van der Waals surface area contributed by atoms with E-state index in [1.54, 1.807) is 18.2 Å². The summed E-state index contributed by atoms with van der Waals surface area (Å²) in [5.74, 6) is -0.504. The van der Waals surface area contributed by atoms with Crippen LogP contribution >= 0.6 is 0 Å². The monoisotopic (exact) mass is 317 g/mol. The quantitative estimate of drug-likeness (QED) is 0.213. The standard InChI is InChI=1S/C15H19N5O3/c16-15(17)18-7-1-2-11-13(22)20-12(14(23)19-11)8-9-3-5-10(21)6-4-9/h3-6,8,11,21H,1-2,7H2,(H,19,23)(H,20,22)(H4,16,17,18)/t11-/m0/s1. The molecule has 1 aliphatic heterocycles. The van der Waals surface area contributed by atoms with Gasteiger partial charge in [-0.1, -0.05) is 12.1 Å². The molecule has 0 bridgehead atoms. The Morgan fingerprint density at radius 2 is 1.96 bits per heavy atom. The molecule has 23 heavy (non-hydrogen) atoms. The van der Waals surface area contributed by atoms with Crippen molar-refractivity contribution in [2.45, 2.75) is 18.9 Å². The first-order valence-corrected chi connectivity index (χ1v) is 7.13. The van der Waals surface area contributed by atoms with Crippen LogP contribution in [0.3, 0.4) is 0 Å². The van der Waals surface area contributed by atoms with Gasteiger partial charge in [0, 0.05) is 6.54 Å². The van der Waals surface area contributed by atoms with Crippen LogP contribution in [0.15, 0.2) is 35.0 Å². The number of guanidine groups is 1. The molecule has 0 unspecified atom stereocenters. The second-order valence-electron chi connectivity index (χ2n) is 5.11. The summed E-state index contributed by atoms with van der Waals surface area (Å²) in [4.78, 5) is 27.9. The zero-order valence-electron chi connectivity index (χ0n) is 12.5. The van der Waals surface area contributed by atoms with Gasteiger partial charge in [-0.3, -0.25) is 14.6 Å². The lowest BCUT2D eigenvalue weighted by atomic mass is 10.1. The van der Waals surface area contributed by atoms with Gasteiger partial charge in [-0.05, 0) is 36.6 Å². The molecule has 1 atom stereocenters. The van der Waals surface area contributed by atoms with Crippen LogP contribution in [0, 0.1) is 0 Å². The lowest BCUT2D eigenvalue weighted by Crippen LogP contribution is -2.54. The van der Waals surface area contributed by atoms with Crippen molar-refractivity contribution in [3.05, 3.63) is 35.5 Å². The summed E-state index contributed by atoms with van der Waals surface area (Å²) in [5.41, 5.74) is 11.3. The van der Waals surface area contributed by atoms with Crippen molar-refractivity contribution in [3.8, 4) is 5.75 Å². The third-order valence-corrected chi connectivity index (χ3v) is 3.27. The molecule has 1 aliphatic rings. The van der Waals surface area contributed by atoms with Crippen LogP contribution in [0.5, 0.6) is 5.75 Å². The third-order valence-electron chi connectivity index (χ3n) is 3.27. The number of nitrogens with two attached hydrogens (primary N) is 2. The van der Waals surface area contributed by atoms with Crippen LogP contribution in [-0.2, 0) is 9.59 Å². The Balaban J connectivity index is 1.96. The Bertz CT molecular complexity index is 648. The molecule has 0 aliphatic carbocycles. The molecule has 8 nitrogen and oxygen atoms in total. The van der Waals surface area contributed by atoms with Crippen molar-refractivity contribution in [3.63, 3.8) is 0 Å². The number of phenols is 1. The summed E-state index contributed by atoms with van der Waals surface area (Å²) >= 11 is 0. The van der Waals surface area contributed by atoms with Crippen LogP contribution in [0.1, 0.15) is 18.4 Å². The Hall–Kier alpha value is -3.03. The molecule has 0 aromatic heterocycles. The van der Waals surface area contributed by atoms with E-state index in [-0.39, 0.29) is 29.2 Å². The number of hydrogen-bond donors (Lipinski definition) is 5. The molecule has 0 saturated carbocycles. The van der Waals surface area contributed by atoms with Crippen LogP contribution in [0.4, 0.5) is 0 Å². The number of aromatic hydroxyl groups is 1. The normalized spacial score (nSPS) is 19.1. The third kappa shape index (κ3) is 4.73. The molecule has 1 heterocycles. The summed E-state index contributed by atoms with van der Waals surface area (Å²) in [6.07, 6.45) is 2.57. The number of rotatable bonds is 5. The van der Waals surface area contributed by atoms with Crippen LogP contribution in [0.2, 0.25) is 0 Å². The first-order valence-electron chi connectivity index (χ1n) is 7.13. The van der Waals surface area contributed by atoms with Crippen molar-refractivity contribution in [2.24, 2.45) is 16.5 Å². The topological polar surface area (TPSA) is 143 Å². The zero-order valence-corrected chi connectivity index (χ0v) is 12.5. The molecule has 8 heteroatoms. The predicted molar refractivity (Wildman–Crippen MR) is 86.1 cm³/mol. The summed E-state index contributed by atoms with van der Waals surface area (Å²) in [7, 11) is 0. The van der Waals surface area contributed by atoms with E-state index in [9.17, 15) is 14.7 Å². The van der Waals surface area contributed by atoms with Gasteiger partial charge in [-0.2, -0.15) is 0 Å². The number of hydrogen-bond acceptors (Lipinski definition) is 4. The largest absolute Gasteiger partial charge is 0.508 e. The number of benzene rings is 1. The minimum atomic E-state index is -0.603. The molecule has 1 fully saturated rings. The van der Waals surface area contributed by atoms with E-state index >= 15 is 0 Å². The van der Waals surface area contributed by atoms with Gasteiger partial charge in [0.2, 0.25) is 5.91 Å². The molecule has 7 N–H and O–H groups in total. The van der Waals surface area contributed by atoms with E-state index in [0.29, 0.717) is 24.9 Å². The van der Waals surface area contributed by atoms with Gasteiger partial charge in [0.25, 0.3) is 5.91 Å². The minimum Gasteiger partial charge on any atom is -0.508 e. The van der Waals surface area contributed by atoms with Crippen molar-refractivity contribution in [1.82, 2.24) is 10.6 Å². The van der Waals surface area contributed by atoms with Gasteiger partial charge in [0.1, 0.15) is 17.5 Å². The van der Waals surface area contributed by atoms with E-state index < -0.39 is 6.04 Å². The fourth-order valence-corrected chi connectivity index (χ4v) is 2.12. The second kappa shape index (κ2) is 7.30. The summed E-state index contributed by atoms with van der Waals surface area (Å²) in [6, 6.07) is 5.68. The highest BCUT2D eigenvalue weighted by molar-refractivity contribution is 6.07. The molecule has 0 spiro atoms. The fraction of sp³-hybridized carbons (Fsp3) is 0.267. The van der Waals surface area contributed by atoms with Gasteiger partial charge in [0.05, 0.1) is 0 Å². The molecule has 2 rings (SSSR count). The maximum absolute atomic E-state index is 12.1. The van der Waals surface area contributed by atoms with Gasteiger partial charge in [-0.25, -0.2) is 0 Å². The van der Waals surface area contributed by atoms with Crippen molar-refractivity contribution < 1.29 is 14.7 Å². The summed E-state index contributed by atoms with van der Waals surface area (Å²) in [5, 5.41) is 14.5. The van der Waals surface area contributed by atoms with Crippen LogP contribution < -0.4 is 22.1 Å². The Morgan fingerprint density at radius 3 is 2.61 bits per heavy atom. The summed E-state index contributed by atoms with van der Waals surface area (Å²) < 4.78 is 0. The zero-order chi connectivity index (χ0) is 16.8. The average molecular weight is 317 g/mol.